The van der Waals surface area contributed by atoms with Crippen LogP contribution in [0.1, 0.15) is 43.2 Å². The Kier molecular flexibility index (Phi) is 7.17. The van der Waals surface area contributed by atoms with Crippen LogP contribution in [0.5, 0.6) is 0 Å². The molecule has 2 aromatic carbocycles. The van der Waals surface area contributed by atoms with Crippen LogP contribution in [0.3, 0.4) is 0 Å². The van der Waals surface area contributed by atoms with E-state index >= 15 is 0 Å². The van der Waals surface area contributed by atoms with Crippen LogP contribution in [0, 0.1) is 5.92 Å². The van der Waals surface area contributed by atoms with Gasteiger partial charge in [-0.2, -0.15) is 0 Å². The zero-order valence-corrected chi connectivity index (χ0v) is 18.5. The summed E-state index contributed by atoms with van der Waals surface area (Å²) in [7, 11) is 0. The summed E-state index contributed by atoms with van der Waals surface area (Å²) >= 11 is 0. The molecule has 1 saturated heterocycles. The van der Waals surface area contributed by atoms with Crippen LogP contribution in [-0.4, -0.2) is 40.5 Å². The summed E-state index contributed by atoms with van der Waals surface area (Å²) in [6, 6.07) is 17.4. The first kappa shape index (κ1) is 22.7. The molecule has 0 bridgehead atoms. The summed E-state index contributed by atoms with van der Waals surface area (Å²) in [6.45, 7) is 0.481. The monoisotopic (exact) mass is 447 g/mol. The standard InChI is InChI=1S/C26H29N3O4/c30-23-21(24(31)27-16-18-10-4-1-5-11-18)22(25(32)28-17-19-12-6-2-7-13-19)29(26(23)33)20-14-8-3-9-15-20/h1-2,4-7,10-13,20-22H,3,8-9,14-17H2,(H,27,31)(H,28,32). The van der Waals surface area contributed by atoms with Crippen molar-refractivity contribution >= 4 is 23.5 Å². The quantitative estimate of drug-likeness (QED) is 0.503. The number of carbonyl (C=O) groups excluding carboxylic acids is 4. The summed E-state index contributed by atoms with van der Waals surface area (Å²) in [4.78, 5) is 53.8. The highest BCUT2D eigenvalue weighted by molar-refractivity contribution is 6.44. The number of amides is 3. The van der Waals surface area contributed by atoms with Crippen molar-refractivity contribution in [1.29, 1.82) is 0 Å². The van der Waals surface area contributed by atoms with Crippen LogP contribution >= 0.6 is 0 Å². The van der Waals surface area contributed by atoms with E-state index in [1.165, 1.54) is 4.90 Å². The number of nitrogens with one attached hydrogen (secondary N) is 2. The van der Waals surface area contributed by atoms with Gasteiger partial charge in [0.15, 0.2) is 0 Å². The molecule has 0 spiro atoms. The fourth-order valence-electron chi connectivity index (χ4n) is 4.77. The predicted molar refractivity (Wildman–Crippen MR) is 123 cm³/mol. The van der Waals surface area contributed by atoms with Crippen LogP contribution in [0.15, 0.2) is 60.7 Å². The Bertz CT molecular complexity index is 1000. The zero-order chi connectivity index (χ0) is 23.2. The molecule has 2 fully saturated rings. The Balaban J connectivity index is 1.55. The molecule has 4 rings (SSSR count). The van der Waals surface area contributed by atoms with Gasteiger partial charge < -0.3 is 15.5 Å². The third-order valence-electron chi connectivity index (χ3n) is 6.48. The number of Topliss-reactive ketones (excluding diaryl/α,β-unsaturated/α-hetero) is 1. The Morgan fingerprint density at radius 3 is 1.82 bits per heavy atom. The molecule has 2 aliphatic rings. The van der Waals surface area contributed by atoms with Crippen LogP contribution in [0.2, 0.25) is 0 Å². The number of rotatable bonds is 7. The second-order valence-corrected chi connectivity index (χ2v) is 8.70. The van der Waals surface area contributed by atoms with E-state index in [0.29, 0.717) is 0 Å². The van der Waals surface area contributed by atoms with Gasteiger partial charge in [0.2, 0.25) is 17.6 Å². The molecule has 1 saturated carbocycles. The van der Waals surface area contributed by atoms with E-state index in [4.69, 9.17) is 0 Å². The van der Waals surface area contributed by atoms with Gasteiger partial charge in [0, 0.05) is 19.1 Å². The number of carbonyl (C=O) groups is 4. The first-order chi connectivity index (χ1) is 16.1. The molecule has 1 heterocycles. The summed E-state index contributed by atoms with van der Waals surface area (Å²) in [6.07, 6.45) is 4.41. The smallest absolute Gasteiger partial charge is 0.291 e. The summed E-state index contributed by atoms with van der Waals surface area (Å²) in [5.74, 6) is -3.93. The maximum absolute atomic E-state index is 13.3. The molecule has 2 aromatic rings. The van der Waals surface area contributed by atoms with Crippen molar-refractivity contribution in [2.75, 3.05) is 0 Å². The molecule has 7 heteroatoms. The second-order valence-electron chi connectivity index (χ2n) is 8.70. The van der Waals surface area contributed by atoms with E-state index in [1.807, 2.05) is 60.7 Å². The lowest BCUT2D eigenvalue weighted by molar-refractivity contribution is -0.144. The maximum Gasteiger partial charge on any atom is 0.291 e. The second kappa shape index (κ2) is 10.4. The third kappa shape index (κ3) is 5.13. The molecule has 3 amide bonds. The Labute approximate surface area is 193 Å². The Hall–Kier alpha value is -3.48. The van der Waals surface area contributed by atoms with Gasteiger partial charge in [-0.05, 0) is 24.0 Å². The van der Waals surface area contributed by atoms with Gasteiger partial charge in [-0.25, -0.2) is 0 Å². The molecule has 2 atom stereocenters. The minimum atomic E-state index is -1.35. The van der Waals surface area contributed by atoms with Gasteiger partial charge in [0.05, 0.1) is 0 Å². The fourth-order valence-corrected chi connectivity index (χ4v) is 4.77. The van der Waals surface area contributed by atoms with E-state index in [9.17, 15) is 19.2 Å². The van der Waals surface area contributed by atoms with Crippen LogP contribution in [0.25, 0.3) is 0 Å². The fraction of sp³-hybridized carbons (Fsp3) is 0.385. The lowest BCUT2D eigenvalue weighted by Crippen LogP contribution is -2.53. The molecule has 33 heavy (non-hydrogen) atoms. The van der Waals surface area contributed by atoms with Crippen molar-refractivity contribution in [3.05, 3.63) is 71.8 Å². The van der Waals surface area contributed by atoms with Crippen molar-refractivity contribution < 1.29 is 19.2 Å². The first-order valence-corrected chi connectivity index (χ1v) is 11.6. The minimum absolute atomic E-state index is 0.199. The highest BCUT2D eigenvalue weighted by Crippen LogP contribution is 2.32. The molecule has 0 aromatic heterocycles. The zero-order valence-electron chi connectivity index (χ0n) is 18.5. The molecule has 7 nitrogen and oxygen atoms in total. The van der Waals surface area contributed by atoms with Gasteiger partial charge >= 0.3 is 0 Å². The number of hydrogen-bond acceptors (Lipinski definition) is 4. The van der Waals surface area contributed by atoms with E-state index in [0.717, 1.165) is 43.2 Å². The van der Waals surface area contributed by atoms with Crippen LogP contribution < -0.4 is 10.6 Å². The average molecular weight is 448 g/mol. The van der Waals surface area contributed by atoms with Crippen molar-refractivity contribution in [3.63, 3.8) is 0 Å². The highest BCUT2D eigenvalue weighted by Gasteiger charge is 2.56. The molecule has 2 N–H and O–H groups in total. The summed E-state index contributed by atoms with van der Waals surface area (Å²) < 4.78 is 0. The highest BCUT2D eigenvalue weighted by atomic mass is 16.2. The van der Waals surface area contributed by atoms with Crippen molar-refractivity contribution in [2.45, 2.75) is 57.3 Å². The Morgan fingerprint density at radius 1 is 0.758 bits per heavy atom. The topological polar surface area (TPSA) is 95.6 Å². The lowest BCUT2D eigenvalue weighted by atomic mass is 9.92. The molecule has 1 aliphatic heterocycles. The number of nitrogens with zero attached hydrogens (tertiary/aromatic N) is 1. The van der Waals surface area contributed by atoms with E-state index in [2.05, 4.69) is 10.6 Å². The summed E-state index contributed by atoms with van der Waals surface area (Å²) in [5, 5.41) is 5.60. The third-order valence-corrected chi connectivity index (χ3v) is 6.48. The molecular formula is C26H29N3O4. The molecule has 0 radical (unpaired) electrons. The van der Waals surface area contributed by atoms with E-state index in [-0.39, 0.29) is 19.1 Å². The number of ketones is 1. The maximum atomic E-state index is 13.3. The predicted octanol–water partition coefficient (Wildman–Crippen LogP) is 2.35. The van der Waals surface area contributed by atoms with E-state index < -0.39 is 35.5 Å². The number of likely N-dealkylation sites (tertiary alicyclic amines) is 1. The van der Waals surface area contributed by atoms with Gasteiger partial charge in [0.25, 0.3) is 5.91 Å². The van der Waals surface area contributed by atoms with Crippen molar-refractivity contribution in [1.82, 2.24) is 15.5 Å². The number of hydrogen-bond donors (Lipinski definition) is 2. The largest absolute Gasteiger partial charge is 0.351 e. The molecule has 1 aliphatic carbocycles. The normalized spacial score (nSPS) is 21.2. The Morgan fingerprint density at radius 2 is 1.27 bits per heavy atom. The molecular weight excluding hydrogens is 418 g/mol. The van der Waals surface area contributed by atoms with Gasteiger partial charge in [-0.15, -0.1) is 0 Å². The van der Waals surface area contributed by atoms with E-state index in [1.54, 1.807) is 0 Å². The summed E-state index contributed by atoms with van der Waals surface area (Å²) in [5.41, 5.74) is 1.77. The van der Waals surface area contributed by atoms with Gasteiger partial charge in [0.1, 0.15) is 12.0 Å². The average Bonchev–Trinajstić information content (AvgIpc) is 3.13. The van der Waals surface area contributed by atoms with Crippen molar-refractivity contribution in [3.8, 4) is 0 Å². The van der Waals surface area contributed by atoms with Crippen LogP contribution in [-0.2, 0) is 32.3 Å². The van der Waals surface area contributed by atoms with Crippen LogP contribution in [0.4, 0.5) is 0 Å². The minimum Gasteiger partial charge on any atom is -0.351 e. The molecule has 172 valence electrons. The van der Waals surface area contributed by atoms with Gasteiger partial charge in [-0.1, -0.05) is 79.9 Å². The van der Waals surface area contributed by atoms with Crippen molar-refractivity contribution in [2.24, 2.45) is 5.92 Å². The number of benzene rings is 2. The van der Waals surface area contributed by atoms with Gasteiger partial charge in [-0.3, -0.25) is 19.2 Å². The lowest BCUT2D eigenvalue weighted by Gasteiger charge is -2.35. The first-order valence-electron chi connectivity index (χ1n) is 11.6. The SMILES string of the molecule is O=C(NCc1ccccc1)C1C(=O)C(=O)N(C2CCCCC2)C1C(=O)NCc1ccccc1. The molecule has 2 unspecified atom stereocenters.